The number of carbonyl (C=O) groups is 3. The van der Waals surface area contributed by atoms with Gasteiger partial charge in [-0.1, -0.05) is 88.4 Å². The minimum atomic E-state index is -1.68. The predicted molar refractivity (Wildman–Crippen MR) is 258 cm³/mol. The van der Waals surface area contributed by atoms with Crippen molar-refractivity contribution in [1.29, 1.82) is 0 Å². The summed E-state index contributed by atoms with van der Waals surface area (Å²) in [7, 11) is -1.68. The standard InChI is InChI=1S/C51H80N5O8P/c1-14-53(34-44(57)61-48(5,6)7)31-32-54(35-45(58)62-49(8,9)10)33-42(55(38-47(2,3)4)36-46(59)63-50(11,12)13)37-60-65(56-30-29-52-39-56)64-43-25-27-51(28-26-43,40-21-17-15-18-22-40)41-23-19-16-20-24-41/h15-24,29-30,39,42-43H,14,25-28,31-38H2,1-13H3/t42-,65?/m1/s1. The molecule has 1 fully saturated rings. The lowest BCUT2D eigenvalue weighted by Crippen LogP contribution is -2.53. The summed E-state index contributed by atoms with van der Waals surface area (Å²) in [6.07, 6.45) is 8.76. The normalized spacial score (nSPS) is 16.1. The molecule has 1 saturated carbocycles. The number of hydrogen-bond donors (Lipinski definition) is 0. The lowest BCUT2D eigenvalue weighted by atomic mass is 9.65. The zero-order chi connectivity index (χ0) is 48.1. The summed E-state index contributed by atoms with van der Waals surface area (Å²) in [5.74, 6) is -1.03. The van der Waals surface area contributed by atoms with Crippen LogP contribution >= 0.6 is 8.53 Å². The number of likely N-dealkylation sites (N-methyl/N-ethyl adjacent to an activating group) is 1. The van der Waals surface area contributed by atoms with E-state index in [4.69, 9.17) is 23.3 Å². The number of hydrogen-bond acceptors (Lipinski definition) is 12. The molecule has 0 radical (unpaired) electrons. The van der Waals surface area contributed by atoms with Gasteiger partial charge in [-0.3, -0.25) is 33.4 Å². The molecular weight excluding hydrogens is 842 g/mol. The Balaban J connectivity index is 1.65. The van der Waals surface area contributed by atoms with Crippen molar-refractivity contribution in [2.45, 2.75) is 150 Å². The smallest absolute Gasteiger partial charge is 0.320 e. The molecule has 1 aliphatic carbocycles. The Morgan fingerprint density at radius 3 is 1.65 bits per heavy atom. The number of aromatic nitrogens is 2. The average Bonchev–Trinajstić information content (AvgIpc) is 3.74. The molecule has 0 bridgehead atoms. The molecule has 0 amide bonds. The summed E-state index contributed by atoms with van der Waals surface area (Å²) in [5, 5.41) is 0. The van der Waals surface area contributed by atoms with E-state index in [0.717, 1.165) is 25.7 Å². The second kappa shape index (κ2) is 23.8. The molecule has 14 heteroatoms. The largest absolute Gasteiger partial charge is 0.459 e. The fraction of sp³-hybridized carbons (Fsp3) is 0.647. The van der Waals surface area contributed by atoms with Gasteiger partial charge in [-0.15, -0.1) is 0 Å². The van der Waals surface area contributed by atoms with Gasteiger partial charge in [0, 0.05) is 50.0 Å². The van der Waals surface area contributed by atoms with Gasteiger partial charge in [-0.25, -0.2) is 4.98 Å². The van der Waals surface area contributed by atoms with Crippen LogP contribution in [0.3, 0.4) is 0 Å². The third-order valence-corrected chi connectivity index (χ3v) is 12.3. The average molecular weight is 922 g/mol. The van der Waals surface area contributed by atoms with Crippen molar-refractivity contribution in [3.63, 3.8) is 0 Å². The van der Waals surface area contributed by atoms with Crippen LogP contribution in [0, 0.1) is 5.41 Å². The molecule has 2 atom stereocenters. The van der Waals surface area contributed by atoms with Crippen LogP contribution in [0.2, 0.25) is 0 Å². The van der Waals surface area contributed by atoms with Gasteiger partial charge in [0.25, 0.3) is 8.53 Å². The Morgan fingerprint density at radius 1 is 0.723 bits per heavy atom. The molecule has 13 nitrogen and oxygen atoms in total. The zero-order valence-corrected chi connectivity index (χ0v) is 42.7. The van der Waals surface area contributed by atoms with Crippen LogP contribution in [0.15, 0.2) is 79.4 Å². The third kappa shape index (κ3) is 19.2. The van der Waals surface area contributed by atoms with Crippen molar-refractivity contribution in [2.24, 2.45) is 5.41 Å². The molecule has 0 saturated heterocycles. The summed E-state index contributed by atoms with van der Waals surface area (Å²) in [4.78, 5) is 50.8. The third-order valence-electron chi connectivity index (χ3n) is 10.9. The number of imidazole rings is 1. The van der Waals surface area contributed by atoms with Gasteiger partial charge in [-0.2, -0.15) is 0 Å². The molecule has 1 aliphatic rings. The van der Waals surface area contributed by atoms with E-state index < -0.39 is 31.4 Å². The summed E-state index contributed by atoms with van der Waals surface area (Å²) >= 11 is 0. The highest BCUT2D eigenvalue weighted by Gasteiger charge is 2.40. The minimum absolute atomic E-state index is 0.00695. The van der Waals surface area contributed by atoms with Gasteiger partial charge in [0.2, 0.25) is 0 Å². The number of benzene rings is 2. The summed E-state index contributed by atoms with van der Waals surface area (Å²) in [6, 6.07) is 21.2. The number of carbonyl (C=O) groups excluding carboxylic acids is 3. The van der Waals surface area contributed by atoms with E-state index in [-0.39, 0.29) is 61.1 Å². The first kappa shape index (κ1) is 53.9. The Hall–Kier alpha value is -3.71. The van der Waals surface area contributed by atoms with Crippen molar-refractivity contribution < 1.29 is 37.6 Å². The molecule has 1 unspecified atom stereocenters. The highest BCUT2D eigenvalue weighted by Crippen LogP contribution is 2.49. The van der Waals surface area contributed by atoms with Crippen LogP contribution in [0.5, 0.6) is 0 Å². The number of ether oxygens (including phenoxy) is 3. The topological polar surface area (TPSA) is 125 Å². The van der Waals surface area contributed by atoms with Gasteiger partial charge >= 0.3 is 17.9 Å². The lowest BCUT2D eigenvalue weighted by molar-refractivity contribution is -0.159. The van der Waals surface area contributed by atoms with Crippen LogP contribution in [-0.2, 0) is 43.1 Å². The van der Waals surface area contributed by atoms with Gasteiger partial charge in [-0.05, 0) is 111 Å². The molecule has 362 valence electrons. The second-order valence-electron chi connectivity index (χ2n) is 21.6. The van der Waals surface area contributed by atoms with Gasteiger partial charge < -0.3 is 23.3 Å². The molecule has 1 heterocycles. The first-order chi connectivity index (χ1) is 30.3. The number of nitrogens with zero attached hydrogens (tertiary/aromatic N) is 5. The lowest BCUT2D eigenvalue weighted by Gasteiger charge is -2.42. The monoisotopic (exact) mass is 922 g/mol. The minimum Gasteiger partial charge on any atom is -0.459 e. The maximum atomic E-state index is 13.7. The van der Waals surface area contributed by atoms with Crippen LogP contribution in [0.4, 0.5) is 0 Å². The van der Waals surface area contributed by atoms with Crippen molar-refractivity contribution >= 4 is 26.4 Å². The van der Waals surface area contributed by atoms with Crippen molar-refractivity contribution in [3.8, 4) is 0 Å². The van der Waals surface area contributed by atoms with E-state index >= 15 is 0 Å². The van der Waals surface area contributed by atoms with Crippen LogP contribution in [-0.4, -0.2) is 130 Å². The summed E-state index contributed by atoms with van der Waals surface area (Å²) in [6.45, 7) is 27.8. The Bertz CT molecular complexity index is 1840. The maximum Gasteiger partial charge on any atom is 0.320 e. The van der Waals surface area contributed by atoms with E-state index in [1.54, 1.807) is 12.5 Å². The number of rotatable bonds is 22. The Labute approximate surface area is 391 Å². The van der Waals surface area contributed by atoms with E-state index in [0.29, 0.717) is 32.7 Å². The molecular formula is C51H80N5O8P. The fourth-order valence-corrected chi connectivity index (χ4v) is 9.62. The molecule has 3 aromatic rings. The highest BCUT2D eigenvalue weighted by molar-refractivity contribution is 7.45. The quantitative estimate of drug-likeness (QED) is 0.0542. The predicted octanol–water partition coefficient (Wildman–Crippen LogP) is 9.29. The Morgan fingerprint density at radius 2 is 1.20 bits per heavy atom. The SMILES string of the molecule is CCN(CCN(CC(=O)OC(C)(C)C)C[C@H](COP(OC1CCC(c2ccccc2)(c2ccccc2)CC1)n1ccnc1)N(CC(=O)OC(C)(C)C)CC(C)(C)C)CC(=O)OC(C)(C)C. The first-order valence-electron chi connectivity index (χ1n) is 23.4. The highest BCUT2D eigenvalue weighted by atomic mass is 31.2. The maximum absolute atomic E-state index is 13.7. The number of esters is 3. The molecule has 4 rings (SSSR count). The van der Waals surface area contributed by atoms with E-state index in [1.807, 2.05) is 89.6 Å². The van der Waals surface area contributed by atoms with Crippen LogP contribution in [0.1, 0.15) is 127 Å². The van der Waals surface area contributed by atoms with Crippen molar-refractivity contribution in [3.05, 3.63) is 90.5 Å². The van der Waals surface area contributed by atoms with Crippen LogP contribution in [0.25, 0.3) is 0 Å². The molecule has 2 aromatic carbocycles. The van der Waals surface area contributed by atoms with Crippen LogP contribution < -0.4 is 0 Å². The van der Waals surface area contributed by atoms with Crippen molar-refractivity contribution in [1.82, 2.24) is 24.0 Å². The fourth-order valence-electron chi connectivity index (χ4n) is 8.24. The molecule has 1 aromatic heterocycles. The zero-order valence-electron chi connectivity index (χ0n) is 41.8. The molecule has 65 heavy (non-hydrogen) atoms. The van der Waals surface area contributed by atoms with Gasteiger partial charge in [0.15, 0.2) is 0 Å². The Kier molecular flexibility index (Phi) is 19.8. The summed E-state index contributed by atoms with van der Waals surface area (Å²) in [5.41, 5.74) is 0.298. The van der Waals surface area contributed by atoms with Gasteiger partial charge in [0.05, 0.1) is 32.3 Å². The first-order valence-corrected chi connectivity index (χ1v) is 24.5. The van der Waals surface area contributed by atoms with Crippen molar-refractivity contribution in [2.75, 3.05) is 59.0 Å². The molecule has 0 aliphatic heterocycles. The second-order valence-corrected chi connectivity index (χ2v) is 23.0. The van der Waals surface area contributed by atoms with E-state index in [9.17, 15) is 14.4 Å². The van der Waals surface area contributed by atoms with E-state index in [1.165, 1.54) is 11.1 Å². The summed E-state index contributed by atoms with van der Waals surface area (Å²) < 4.78 is 33.2. The molecule has 0 spiro atoms. The van der Waals surface area contributed by atoms with Gasteiger partial charge in [0.1, 0.15) is 23.1 Å². The molecule has 0 N–H and O–H groups in total. The van der Waals surface area contributed by atoms with E-state index in [2.05, 4.69) is 91.3 Å².